The van der Waals surface area contributed by atoms with Crippen LogP contribution < -0.4 is 16.2 Å². The molecule has 0 fully saturated rings. The number of aryl methyl sites for hydroxylation is 1. The van der Waals surface area contributed by atoms with Gasteiger partial charge in [0.1, 0.15) is 5.82 Å². The number of carbonyl (C=O) groups is 1. The molecule has 0 saturated carbocycles. The Morgan fingerprint density at radius 2 is 1.90 bits per heavy atom. The monoisotopic (exact) mass is 470 g/mol. The van der Waals surface area contributed by atoms with Gasteiger partial charge in [0, 0.05) is 23.1 Å². The molecule has 7 heteroatoms. The fourth-order valence-corrected chi connectivity index (χ4v) is 3.74. The van der Waals surface area contributed by atoms with Gasteiger partial charge >= 0.3 is 6.03 Å². The molecule has 0 spiro atoms. The zero-order valence-electron chi connectivity index (χ0n) is 17.8. The maximum atomic E-state index is 13.5. The zero-order valence-corrected chi connectivity index (χ0v) is 19.3. The number of amides is 2. The summed E-state index contributed by atoms with van der Waals surface area (Å²) in [6.07, 6.45) is 1.55. The SMILES string of the molecule is CCNC(=O)Nc1cccc(-n2c(CCC(C)(C)C)nc3cccc(Br)c3c2=O)c1. The van der Waals surface area contributed by atoms with Crippen LogP contribution in [0.2, 0.25) is 0 Å². The zero-order chi connectivity index (χ0) is 21.9. The van der Waals surface area contributed by atoms with Crippen molar-refractivity contribution in [1.29, 1.82) is 0 Å². The van der Waals surface area contributed by atoms with Crippen LogP contribution in [-0.2, 0) is 6.42 Å². The smallest absolute Gasteiger partial charge is 0.319 e. The van der Waals surface area contributed by atoms with Crippen molar-refractivity contribution in [2.75, 3.05) is 11.9 Å². The van der Waals surface area contributed by atoms with Crippen LogP contribution in [0.25, 0.3) is 16.6 Å². The Morgan fingerprint density at radius 3 is 2.60 bits per heavy atom. The molecule has 2 N–H and O–H groups in total. The minimum Gasteiger partial charge on any atom is -0.338 e. The van der Waals surface area contributed by atoms with E-state index in [1.165, 1.54) is 0 Å². The predicted molar refractivity (Wildman–Crippen MR) is 126 cm³/mol. The summed E-state index contributed by atoms with van der Waals surface area (Å²) in [5, 5.41) is 6.05. The maximum Gasteiger partial charge on any atom is 0.319 e. The largest absolute Gasteiger partial charge is 0.338 e. The molecule has 2 amide bonds. The number of halogens is 1. The lowest BCUT2D eigenvalue weighted by Gasteiger charge is -2.20. The van der Waals surface area contributed by atoms with Crippen molar-refractivity contribution in [3.8, 4) is 5.69 Å². The van der Waals surface area contributed by atoms with E-state index < -0.39 is 0 Å². The van der Waals surface area contributed by atoms with Crippen molar-refractivity contribution in [2.24, 2.45) is 5.41 Å². The van der Waals surface area contributed by atoms with E-state index in [9.17, 15) is 9.59 Å². The molecular formula is C23H27BrN4O2. The molecule has 0 aliphatic carbocycles. The van der Waals surface area contributed by atoms with E-state index in [0.29, 0.717) is 45.5 Å². The van der Waals surface area contributed by atoms with Crippen LogP contribution in [0, 0.1) is 5.41 Å². The van der Waals surface area contributed by atoms with Gasteiger partial charge in [-0.25, -0.2) is 9.78 Å². The van der Waals surface area contributed by atoms with Crippen LogP contribution >= 0.6 is 15.9 Å². The second-order valence-electron chi connectivity index (χ2n) is 8.40. The number of nitrogens with zero attached hydrogens (tertiary/aromatic N) is 2. The first-order valence-electron chi connectivity index (χ1n) is 10.0. The lowest BCUT2D eigenvalue weighted by atomic mass is 9.90. The van der Waals surface area contributed by atoms with Crippen LogP contribution in [0.5, 0.6) is 0 Å². The Hall–Kier alpha value is -2.67. The van der Waals surface area contributed by atoms with Crippen LogP contribution in [0.4, 0.5) is 10.5 Å². The minimum absolute atomic E-state index is 0.108. The fourth-order valence-electron chi connectivity index (χ4n) is 3.22. The molecule has 3 rings (SSSR count). The Balaban J connectivity index is 2.15. The van der Waals surface area contributed by atoms with Crippen molar-refractivity contribution in [2.45, 2.75) is 40.5 Å². The summed E-state index contributed by atoms with van der Waals surface area (Å²) >= 11 is 3.50. The second kappa shape index (κ2) is 9.00. The minimum atomic E-state index is -0.283. The van der Waals surface area contributed by atoms with Gasteiger partial charge in [0.25, 0.3) is 5.56 Å². The third-order valence-electron chi connectivity index (χ3n) is 4.71. The van der Waals surface area contributed by atoms with Crippen molar-refractivity contribution < 1.29 is 4.79 Å². The molecule has 1 heterocycles. The fraction of sp³-hybridized carbons (Fsp3) is 0.348. The molecule has 0 bridgehead atoms. The third kappa shape index (κ3) is 5.08. The van der Waals surface area contributed by atoms with Gasteiger partial charge in [0.05, 0.1) is 16.6 Å². The predicted octanol–water partition coefficient (Wildman–Crippen LogP) is 5.27. The molecule has 0 saturated heterocycles. The highest BCUT2D eigenvalue weighted by molar-refractivity contribution is 9.10. The summed E-state index contributed by atoms with van der Waals surface area (Å²) < 4.78 is 2.37. The number of hydrogen-bond acceptors (Lipinski definition) is 3. The molecule has 2 aromatic carbocycles. The van der Waals surface area contributed by atoms with Crippen molar-refractivity contribution in [3.05, 3.63) is 63.1 Å². The van der Waals surface area contributed by atoms with E-state index in [-0.39, 0.29) is 17.0 Å². The molecule has 0 aliphatic rings. The van der Waals surface area contributed by atoms with Gasteiger partial charge in [-0.15, -0.1) is 0 Å². The highest BCUT2D eigenvalue weighted by Gasteiger charge is 2.18. The van der Waals surface area contributed by atoms with E-state index in [0.717, 1.165) is 6.42 Å². The van der Waals surface area contributed by atoms with Gasteiger partial charge < -0.3 is 10.6 Å². The lowest BCUT2D eigenvalue weighted by molar-refractivity contribution is 0.252. The normalized spacial score (nSPS) is 11.5. The van der Waals surface area contributed by atoms with Gasteiger partial charge in [-0.05, 0) is 65.0 Å². The second-order valence-corrected chi connectivity index (χ2v) is 9.25. The first-order valence-corrected chi connectivity index (χ1v) is 10.8. The van der Waals surface area contributed by atoms with E-state index >= 15 is 0 Å². The highest BCUT2D eigenvalue weighted by Crippen LogP contribution is 2.25. The molecule has 1 aromatic heterocycles. The summed E-state index contributed by atoms with van der Waals surface area (Å²) in [5.74, 6) is 0.704. The molecule has 0 radical (unpaired) electrons. The van der Waals surface area contributed by atoms with Crippen molar-refractivity contribution in [1.82, 2.24) is 14.9 Å². The van der Waals surface area contributed by atoms with E-state index in [1.807, 2.05) is 37.3 Å². The number of benzene rings is 2. The van der Waals surface area contributed by atoms with Gasteiger partial charge in [-0.3, -0.25) is 9.36 Å². The highest BCUT2D eigenvalue weighted by atomic mass is 79.9. The molecule has 6 nitrogen and oxygen atoms in total. The topological polar surface area (TPSA) is 76.0 Å². The van der Waals surface area contributed by atoms with E-state index in [2.05, 4.69) is 47.3 Å². The van der Waals surface area contributed by atoms with E-state index in [1.54, 1.807) is 16.7 Å². The molecule has 0 atom stereocenters. The number of carbonyl (C=O) groups excluding carboxylic acids is 1. The summed E-state index contributed by atoms with van der Waals surface area (Å²) in [4.78, 5) is 30.3. The molecule has 0 aliphatic heterocycles. The molecule has 3 aromatic rings. The Labute approximate surface area is 184 Å². The van der Waals surface area contributed by atoms with Crippen molar-refractivity contribution in [3.63, 3.8) is 0 Å². The number of nitrogens with one attached hydrogen (secondary N) is 2. The average Bonchev–Trinajstić information content (AvgIpc) is 2.66. The van der Waals surface area contributed by atoms with Gasteiger partial charge in [0.2, 0.25) is 0 Å². The number of urea groups is 1. The molecule has 158 valence electrons. The van der Waals surface area contributed by atoms with Crippen LogP contribution in [0.1, 0.15) is 39.9 Å². The Bertz CT molecular complexity index is 1130. The summed E-state index contributed by atoms with van der Waals surface area (Å²) in [5.41, 5.74) is 1.93. The van der Waals surface area contributed by atoms with Crippen molar-refractivity contribution >= 4 is 38.6 Å². The quantitative estimate of drug-likeness (QED) is 0.533. The Kier molecular flexibility index (Phi) is 6.61. The van der Waals surface area contributed by atoms with Gasteiger partial charge in [0.15, 0.2) is 0 Å². The number of anilines is 1. The molecule has 0 unspecified atom stereocenters. The number of hydrogen-bond donors (Lipinski definition) is 2. The lowest BCUT2D eigenvalue weighted by Crippen LogP contribution is -2.28. The molecular weight excluding hydrogens is 444 g/mol. The van der Waals surface area contributed by atoms with E-state index in [4.69, 9.17) is 4.98 Å². The van der Waals surface area contributed by atoms with Crippen LogP contribution in [0.15, 0.2) is 51.7 Å². The first-order chi connectivity index (χ1) is 14.2. The van der Waals surface area contributed by atoms with Crippen LogP contribution in [0.3, 0.4) is 0 Å². The number of rotatable bonds is 5. The third-order valence-corrected chi connectivity index (χ3v) is 5.38. The number of fused-ring (bicyclic) bond motifs is 1. The van der Waals surface area contributed by atoms with Gasteiger partial charge in [-0.2, -0.15) is 0 Å². The molecule has 30 heavy (non-hydrogen) atoms. The first kappa shape index (κ1) is 22.0. The Morgan fingerprint density at radius 1 is 1.17 bits per heavy atom. The van der Waals surface area contributed by atoms with Gasteiger partial charge in [-0.1, -0.05) is 32.9 Å². The number of aromatic nitrogens is 2. The average molecular weight is 471 g/mol. The summed E-state index contributed by atoms with van der Waals surface area (Å²) in [6.45, 7) is 8.90. The van der Waals surface area contributed by atoms with Crippen LogP contribution in [-0.4, -0.2) is 22.1 Å². The maximum absolute atomic E-state index is 13.5. The summed E-state index contributed by atoms with van der Waals surface area (Å²) in [7, 11) is 0. The summed E-state index contributed by atoms with van der Waals surface area (Å²) in [6, 6.07) is 12.6. The standard InChI is InChI=1S/C23H27BrN4O2/c1-5-25-22(30)26-15-8-6-9-16(14-15)28-19(12-13-23(2,3)4)27-18-11-7-10-17(24)20(18)21(28)29/h6-11,14H,5,12-13H2,1-4H3,(H2,25,26,30).